The Hall–Kier alpha value is -3.29. The normalized spacial score (nSPS) is 31.4. The summed E-state index contributed by atoms with van der Waals surface area (Å²) in [4.78, 5) is 68.5. The molecule has 4 rings (SSSR count). The van der Waals surface area contributed by atoms with Crippen LogP contribution >= 0.6 is 0 Å². The van der Waals surface area contributed by atoms with Gasteiger partial charge in [-0.25, -0.2) is 19.2 Å². The number of Topliss-reactive ketones (excluding diaryl/α,β-unsaturated/α-hetero) is 1. The number of likely N-dealkylation sites (tertiary alicyclic amines) is 4. The first-order chi connectivity index (χ1) is 21.9. The summed E-state index contributed by atoms with van der Waals surface area (Å²) in [7, 11) is 0. The van der Waals surface area contributed by atoms with Gasteiger partial charge in [0.25, 0.3) is 0 Å². The topological polar surface area (TPSA) is 155 Å². The van der Waals surface area contributed by atoms with E-state index in [2.05, 4.69) is 0 Å². The SMILES string of the molecule is CC(C)OC(=O)N1CC2(C)CN(C(=O)OC(C)C)CC(C)(C1)C2=O.CC(C)OC(=O)N1CC2(C)CN(C(=O)OC(C)C)CC(C)(C1)C2O. The molecule has 48 heavy (non-hydrogen) atoms. The van der Waals surface area contributed by atoms with Crippen molar-refractivity contribution in [1.29, 1.82) is 0 Å². The average molecular weight is 683 g/mol. The molecule has 0 aliphatic carbocycles. The van der Waals surface area contributed by atoms with Crippen molar-refractivity contribution in [2.45, 2.75) is 114 Å². The van der Waals surface area contributed by atoms with Crippen LogP contribution in [-0.2, 0) is 23.7 Å². The van der Waals surface area contributed by atoms with Gasteiger partial charge in [-0.15, -0.1) is 0 Å². The summed E-state index contributed by atoms with van der Waals surface area (Å²) in [6, 6.07) is 0. The number of rotatable bonds is 4. The number of fused-ring (bicyclic) bond motifs is 4. The van der Waals surface area contributed by atoms with E-state index in [0.717, 1.165) is 0 Å². The van der Waals surface area contributed by atoms with Gasteiger partial charge in [0.1, 0.15) is 0 Å². The zero-order chi connectivity index (χ0) is 36.6. The van der Waals surface area contributed by atoms with E-state index in [4.69, 9.17) is 18.9 Å². The van der Waals surface area contributed by atoms with Crippen molar-refractivity contribution in [2.75, 3.05) is 52.4 Å². The monoisotopic (exact) mass is 682 g/mol. The molecule has 4 amide bonds. The maximum Gasteiger partial charge on any atom is 0.410 e. The molecule has 0 saturated carbocycles. The number of piperidine rings is 4. The summed E-state index contributed by atoms with van der Waals surface area (Å²) in [5, 5.41) is 10.8. The molecule has 4 saturated heterocycles. The van der Waals surface area contributed by atoms with E-state index in [0.29, 0.717) is 26.2 Å². The Morgan fingerprint density at radius 3 is 0.938 bits per heavy atom. The number of aliphatic hydroxyl groups is 1. The van der Waals surface area contributed by atoms with Crippen molar-refractivity contribution >= 4 is 30.2 Å². The van der Waals surface area contributed by atoms with Crippen molar-refractivity contribution in [1.82, 2.24) is 19.6 Å². The predicted octanol–water partition coefficient (Wildman–Crippen LogP) is 4.37. The minimum absolute atomic E-state index is 0.0946. The lowest BCUT2D eigenvalue weighted by atomic mass is 9.63. The van der Waals surface area contributed by atoms with Gasteiger partial charge in [-0.2, -0.15) is 0 Å². The third-order valence-electron chi connectivity index (χ3n) is 9.16. The minimum Gasteiger partial charge on any atom is -0.447 e. The van der Waals surface area contributed by atoms with Gasteiger partial charge in [-0.3, -0.25) is 4.79 Å². The molecule has 0 radical (unpaired) electrons. The second-order valence-electron chi connectivity index (χ2n) is 16.3. The van der Waals surface area contributed by atoms with Crippen LogP contribution in [0.4, 0.5) is 19.2 Å². The summed E-state index contributed by atoms with van der Waals surface area (Å²) in [6.45, 7) is 24.2. The van der Waals surface area contributed by atoms with Gasteiger partial charge in [0, 0.05) is 63.2 Å². The van der Waals surface area contributed by atoms with Crippen molar-refractivity contribution in [3.63, 3.8) is 0 Å². The van der Waals surface area contributed by atoms with Crippen LogP contribution in [0.1, 0.15) is 83.1 Å². The number of ketones is 1. The quantitative estimate of drug-likeness (QED) is 0.423. The summed E-state index contributed by atoms with van der Waals surface area (Å²) in [5.74, 6) is 0.0946. The van der Waals surface area contributed by atoms with E-state index >= 15 is 0 Å². The first-order valence-corrected chi connectivity index (χ1v) is 17.0. The molecule has 4 aliphatic rings. The highest BCUT2D eigenvalue weighted by molar-refractivity contribution is 5.94. The van der Waals surface area contributed by atoms with E-state index in [-0.39, 0.29) is 68.6 Å². The second kappa shape index (κ2) is 14.3. The first-order valence-electron chi connectivity index (χ1n) is 17.0. The molecule has 0 aromatic carbocycles. The third kappa shape index (κ3) is 8.64. The Labute approximate surface area is 285 Å². The maximum atomic E-state index is 12.9. The molecule has 0 aromatic rings. The van der Waals surface area contributed by atoms with Gasteiger partial charge in [0.05, 0.1) is 41.3 Å². The molecule has 4 aliphatic heterocycles. The summed E-state index contributed by atoms with van der Waals surface area (Å²) in [5.41, 5.74) is -2.84. The second-order valence-corrected chi connectivity index (χ2v) is 16.3. The average Bonchev–Trinajstić information content (AvgIpc) is 2.90. The summed E-state index contributed by atoms with van der Waals surface area (Å²) in [6.07, 6.45) is -2.97. The molecular formula is C34H58N4O10. The Bertz CT molecular complexity index is 1120. The number of hydrogen-bond donors (Lipinski definition) is 1. The molecule has 274 valence electrons. The van der Waals surface area contributed by atoms with Crippen LogP contribution in [0, 0.1) is 21.7 Å². The first kappa shape index (κ1) is 39.2. The van der Waals surface area contributed by atoms with Crippen molar-refractivity contribution in [3.05, 3.63) is 0 Å². The molecule has 4 bridgehead atoms. The van der Waals surface area contributed by atoms with E-state index in [1.54, 1.807) is 61.1 Å². The van der Waals surface area contributed by atoms with Crippen LogP contribution in [0.25, 0.3) is 0 Å². The van der Waals surface area contributed by atoms with E-state index in [1.165, 1.54) is 0 Å². The standard InChI is InChI=1S/C17H30N2O5.C17H28N2O5/c2*1-11(2)23-14(21)18-7-16(5)9-19(15(22)24-12(3)4)10-17(6,8-18)13(16)20/h11-13,20H,7-10H2,1-6H3;11-12H,7-10H2,1-6H3. The minimum atomic E-state index is -0.808. The Balaban J connectivity index is 0.000000260. The number of nitrogens with zero attached hydrogens (tertiary/aromatic N) is 4. The van der Waals surface area contributed by atoms with E-state index in [9.17, 15) is 29.1 Å². The van der Waals surface area contributed by atoms with Gasteiger partial charge < -0.3 is 43.7 Å². The van der Waals surface area contributed by atoms with Crippen LogP contribution in [0.2, 0.25) is 0 Å². The number of hydrogen-bond acceptors (Lipinski definition) is 10. The lowest BCUT2D eigenvalue weighted by molar-refractivity contribution is -0.164. The number of carbonyl (C=O) groups excluding carboxylic acids is 5. The zero-order valence-corrected chi connectivity index (χ0v) is 31.0. The molecule has 14 heteroatoms. The number of carbonyl (C=O) groups is 5. The van der Waals surface area contributed by atoms with Gasteiger partial charge in [0.15, 0.2) is 5.78 Å². The van der Waals surface area contributed by atoms with Gasteiger partial charge in [-0.1, -0.05) is 13.8 Å². The molecular weight excluding hydrogens is 624 g/mol. The Morgan fingerprint density at radius 2 is 0.729 bits per heavy atom. The smallest absolute Gasteiger partial charge is 0.410 e. The number of aliphatic hydroxyl groups excluding tert-OH is 1. The molecule has 4 heterocycles. The van der Waals surface area contributed by atoms with Crippen molar-refractivity contribution in [2.24, 2.45) is 21.7 Å². The van der Waals surface area contributed by atoms with Gasteiger partial charge in [-0.05, 0) is 69.2 Å². The molecule has 4 fully saturated rings. The predicted molar refractivity (Wildman–Crippen MR) is 176 cm³/mol. The van der Waals surface area contributed by atoms with E-state index in [1.807, 2.05) is 41.5 Å². The molecule has 1 N–H and O–H groups in total. The summed E-state index contributed by atoms with van der Waals surface area (Å²) < 4.78 is 21.2. The van der Waals surface area contributed by atoms with Gasteiger partial charge >= 0.3 is 24.4 Å². The van der Waals surface area contributed by atoms with Gasteiger partial charge in [0.2, 0.25) is 0 Å². The lowest BCUT2D eigenvalue weighted by Gasteiger charge is -2.59. The molecule has 0 atom stereocenters. The zero-order valence-electron chi connectivity index (χ0n) is 31.0. The molecule has 0 aromatic heterocycles. The highest BCUT2D eigenvalue weighted by atomic mass is 16.6. The van der Waals surface area contributed by atoms with Crippen LogP contribution in [0.5, 0.6) is 0 Å². The largest absolute Gasteiger partial charge is 0.447 e. The van der Waals surface area contributed by atoms with E-state index < -0.39 is 40.0 Å². The molecule has 0 spiro atoms. The highest BCUT2D eigenvalue weighted by Gasteiger charge is 2.59. The van der Waals surface area contributed by atoms with Crippen LogP contribution in [0.3, 0.4) is 0 Å². The van der Waals surface area contributed by atoms with Crippen LogP contribution in [-0.4, -0.2) is 138 Å². The highest BCUT2D eigenvalue weighted by Crippen LogP contribution is 2.46. The maximum absolute atomic E-state index is 12.9. The fourth-order valence-corrected chi connectivity index (χ4v) is 7.68. The van der Waals surface area contributed by atoms with Crippen molar-refractivity contribution < 1.29 is 48.0 Å². The Kier molecular flexibility index (Phi) is 11.7. The van der Waals surface area contributed by atoms with Crippen LogP contribution < -0.4 is 0 Å². The summed E-state index contributed by atoms with van der Waals surface area (Å²) >= 11 is 0. The third-order valence-corrected chi connectivity index (χ3v) is 9.16. The molecule has 0 unspecified atom stereocenters. The van der Waals surface area contributed by atoms with Crippen LogP contribution in [0.15, 0.2) is 0 Å². The fraction of sp³-hybridized carbons (Fsp3) is 0.853. The lowest BCUT2D eigenvalue weighted by Crippen LogP contribution is -2.71. The molecule has 14 nitrogen and oxygen atoms in total. The number of amides is 4. The Morgan fingerprint density at radius 1 is 0.521 bits per heavy atom. The van der Waals surface area contributed by atoms with Crippen molar-refractivity contribution in [3.8, 4) is 0 Å². The fourth-order valence-electron chi connectivity index (χ4n) is 7.68. The number of ether oxygens (including phenoxy) is 4.